The number of aromatic nitrogens is 2. The molecule has 1 aliphatic rings. The molecule has 2 aromatic heterocycles. The SMILES string of the molecule is COc1ccccc1Cc1noc(C2CN(C(=O)c3cc4cccc(OC)c4o3)C2)n1. The highest BCUT2D eigenvalue weighted by Crippen LogP contribution is 2.32. The van der Waals surface area contributed by atoms with Crippen LogP contribution in [0.5, 0.6) is 11.5 Å². The molecule has 1 fully saturated rings. The molecule has 5 rings (SSSR count). The van der Waals surface area contributed by atoms with Gasteiger partial charge in [-0.15, -0.1) is 0 Å². The van der Waals surface area contributed by atoms with Crippen LogP contribution in [0.1, 0.15) is 33.8 Å². The lowest BCUT2D eigenvalue weighted by Crippen LogP contribution is -2.48. The van der Waals surface area contributed by atoms with Crippen molar-refractivity contribution >= 4 is 16.9 Å². The van der Waals surface area contributed by atoms with E-state index in [-0.39, 0.29) is 11.8 Å². The summed E-state index contributed by atoms with van der Waals surface area (Å²) in [5, 5.41) is 4.92. The van der Waals surface area contributed by atoms with Crippen LogP contribution in [0.15, 0.2) is 57.5 Å². The second kappa shape index (κ2) is 7.79. The standard InChI is InChI=1S/C23H21N3O5/c1-28-17-8-4-3-6-14(17)11-20-24-22(31-25-20)16-12-26(13-16)23(27)19-10-15-7-5-9-18(29-2)21(15)30-19/h3-10,16H,11-13H2,1-2H3. The van der Waals surface area contributed by atoms with Crippen LogP contribution in [0.3, 0.4) is 0 Å². The Balaban J connectivity index is 1.24. The van der Waals surface area contributed by atoms with Gasteiger partial charge in [0.25, 0.3) is 5.91 Å². The van der Waals surface area contributed by atoms with Crippen molar-refractivity contribution in [2.45, 2.75) is 12.3 Å². The number of furan rings is 1. The molecule has 0 N–H and O–H groups in total. The minimum absolute atomic E-state index is 0.0155. The van der Waals surface area contributed by atoms with E-state index in [4.69, 9.17) is 18.4 Å². The molecule has 31 heavy (non-hydrogen) atoms. The van der Waals surface area contributed by atoms with Gasteiger partial charge in [-0.3, -0.25) is 4.79 Å². The number of methoxy groups -OCH3 is 2. The first-order valence-electron chi connectivity index (χ1n) is 9.96. The molecule has 1 amide bonds. The predicted octanol–water partition coefficient (Wildman–Crippen LogP) is 3.66. The van der Waals surface area contributed by atoms with E-state index in [0.717, 1.165) is 16.7 Å². The number of carbonyl (C=O) groups is 1. The van der Waals surface area contributed by atoms with Gasteiger partial charge in [0.15, 0.2) is 22.9 Å². The molecule has 0 radical (unpaired) electrons. The number of ether oxygens (including phenoxy) is 2. The summed E-state index contributed by atoms with van der Waals surface area (Å²) in [6.07, 6.45) is 0.518. The predicted molar refractivity (Wildman–Crippen MR) is 112 cm³/mol. The summed E-state index contributed by atoms with van der Waals surface area (Å²) >= 11 is 0. The Labute approximate surface area is 178 Å². The Morgan fingerprint density at radius 3 is 2.68 bits per heavy atom. The molecular formula is C23H21N3O5. The maximum Gasteiger partial charge on any atom is 0.289 e. The van der Waals surface area contributed by atoms with Gasteiger partial charge in [-0.1, -0.05) is 35.5 Å². The van der Waals surface area contributed by atoms with Crippen molar-refractivity contribution in [1.29, 1.82) is 0 Å². The number of fused-ring (bicyclic) bond motifs is 1. The number of amides is 1. The maximum atomic E-state index is 12.8. The molecule has 1 aliphatic heterocycles. The average Bonchev–Trinajstić information content (AvgIpc) is 3.40. The molecule has 0 aliphatic carbocycles. The Hall–Kier alpha value is -3.81. The molecule has 3 heterocycles. The normalized spacial score (nSPS) is 13.9. The van der Waals surface area contributed by atoms with Crippen LogP contribution in [-0.4, -0.2) is 48.3 Å². The summed E-state index contributed by atoms with van der Waals surface area (Å²) in [4.78, 5) is 19.0. The van der Waals surface area contributed by atoms with Gasteiger partial charge in [-0.25, -0.2) is 0 Å². The van der Waals surface area contributed by atoms with E-state index in [1.807, 2.05) is 36.4 Å². The summed E-state index contributed by atoms with van der Waals surface area (Å²) in [5.74, 6) is 2.67. The third-order valence-corrected chi connectivity index (χ3v) is 5.48. The lowest BCUT2D eigenvalue weighted by atomic mass is 9.99. The summed E-state index contributed by atoms with van der Waals surface area (Å²) < 4.78 is 21.9. The lowest BCUT2D eigenvalue weighted by molar-refractivity contribution is 0.0539. The Bertz CT molecular complexity index is 1240. The first-order valence-corrected chi connectivity index (χ1v) is 9.96. The van der Waals surface area contributed by atoms with Crippen molar-refractivity contribution in [3.05, 3.63) is 71.6 Å². The van der Waals surface area contributed by atoms with Gasteiger partial charge in [0.05, 0.1) is 20.1 Å². The number of benzene rings is 2. The number of rotatable bonds is 6. The fourth-order valence-corrected chi connectivity index (χ4v) is 3.78. The first-order chi connectivity index (χ1) is 15.2. The third kappa shape index (κ3) is 3.50. The summed E-state index contributed by atoms with van der Waals surface area (Å²) in [6.45, 7) is 1.01. The Morgan fingerprint density at radius 2 is 1.87 bits per heavy atom. The third-order valence-electron chi connectivity index (χ3n) is 5.48. The van der Waals surface area contributed by atoms with Crippen LogP contribution in [0.4, 0.5) is 0 Å². The fraction of sp³-hybridized carbons (Fsp3) is 0.261. The molecule has 4 aromatic rings. The van der Waals surface area contributed by atoms with Crippen LogP contribution in [0.25, 0.3) is 11.0 Å². The van der Waals surface area contributed by atoms with Gasteiger partial charge in [0, 0.05) is 30.5 Å². The average molecular weight is 419 g/mol. The molecule has 2 aromatic carbocycles. The Morgan fingerprint density at radius 1 is 1.10 bits per heavy atom. The van der Waals surface area contributed by atoms with Crippen LogP contribution in [-0.2, 0) is 6.42 Å². The molecule has 0 unspecified atom stereocenters. The number of para-hydroxylation sites is 2. The van der Waals surface area contributed by atoms with Crippen molar-refractivity contribution in [2.75, 3.05) is 27.3 Å². The number of nitrogens with zero attached hydrogens (tertiary/aromatic N) is 3. The number of hydrogen-bond donors (Lipinski definition) is 0. The highest BCUT2D eigenvalue weighted by molar-refractivity contribution is 5.97. The van der Waals surface area contributed by atoms with Crippen molar-refractivity contribution in [3.63, 3.8) is 0 Å². The van der Waals surface area contributed by atoms with Gasteiger partial charge in [0.2, 0.25) is 5.89 Å². The van der Waals surface area contributed by atoms with Crippen LogP contribution < -0.4 is 9.47 Å². The van der Waals surface area contributed by atoms with E-state index in [1.54, 1.807) is 31.3 Å². The van der Waals surface area contributed by atoms with Gasteiger partial charge in [0.1, 0.15) is 5.75 Å². The lowest BCUT2D eigenvalue weighted by Gasteiger charge is -2.36. The molecule has 0 bridgehead atoms. The van der Waals surface area contributed by atoms with Crippen molar-refractivity contribution < 1.29 is 23.2 Å². The minimum atomic E-state index is -0.164. The van der Waals surface area contributed by atoms with Gasteiger partial charge < -0.3 is 23.3 Å². The molecular weight excluding hydrogens is 398 g/mol. The molecule has 158 valence electrons. The van der Waals surface area contributed by atoms with Crippen LogP contribution in [0, 0.1) is 0 Å². The smallest absolute Gasteiger partial charge is 0.289 e. The van der Waals surface area contributed by atoms with Gasteiger partial charge in [-0.2, -0.15) is 4.98 Å². The van der Waals surface area contributed by atoms with E-state index in [9.17, 15) is 4.79 Å². The van der Waals surface area contributed by atoms with E-state index in [1.165, 1.54) is 0 Å². The molecule has 8 nitrogen and oxygen atoms in total. The van der Waals surface area contributed by atoms with Crippen LogP contribution >= 0.6 is 0 Å². The minimum Gasteiger partial charge on any atom is -0.496 e. The molecule has 0 spiro atoms. The van der Waals surface area contributed by atoms with Gasteiger partial charge >= 0.3 is 0 Å². The summed E-state index contributed by atoms with van der Waals surface area (Å²) in [5.41, 5.74) is 1.56. The maximum absolute atomic E-state index is 12.8. The largest absolute Gasteiger partial charge is 0.496 e. The zero-order valence-electron chi connectivity index (χ0n) is 17.2. The zero-order valence-corrected chi connectivity index (χ0v) is 17.2. The second-order valence-electron chi connectivity index (χ2n) is 7.43. The molecule has 0 atom stereocenters. The molecule has 8 heteroatoms. The van der Waals surface area contributed by atoms with Gasteiger partial charge in [-0.05, 0) is 18.2 Å². The quantitative estimate of drug-likeness (QED) is 0.471. The second-order valence-corrected chi connectivity index (χ2v) is 7.43. The van der Waals surface area contributed by atoms with E-state index < -0.39 is 0 Å². The number of hydrogen-bond acceptors (Lipinski definition) is 7. The van der Waals surface area contributed by atoms with Crippen LogP contribution in [0.2, 0.25) is 0 Å². The van der Waals surface area contributed by atoms with Crippen molar-refractivity contribution in [1.82, 2.24) is 15.0 Å². The van der Waals surface area contributed by atoms with Crippen molar-refractivity contribution in [3.8, 4) is 11.5 Å². The highest BCUT2D eigenvalue weighted by Gasteiger charge is 2.37. The first kappa shape index (κ1) is 19.2. The zero-order chi connectivity index (χ0) is 21.4. The summed E-state index contributed by atoms with van der Waals surface area (Å²) in [6, 6.07) is 15.0. The topological polar surface area (TPSA) is 90.8 Å². The van der Waals surface area contributed by atoms with E-state index >= 15 is 0 Å². The van der Waals surface area contributed by atoms with Crippen molar-refractivity contribution in [2.24, 2.45) is 0 Å². The summed E-state index contributed by atoms with van der Waals surface area (Å²) in [7, 11) is 3.21. The number of likely N-dealkylation sites (tertiary alicyclic amines) is 1. The van der Waals surface area contributed by atoms with E-state index in [2.05, 4.69) is 10.1 Å². The fourth-order valence-electron chi connectivity index (χ4n) is 3.78. The monoisotopic (exact) mass is 419 g/mol. The highest BCUT2D eigenvalue weighted by atomic mass is 16.5. The Kier molecular flexibility index (Phi) is 4.82. The van der Waals surface area contributed by atoms with E-state index in [0.29, 0.717) is 48.3 Å². The molecule has 1 saturated heterocycles. The molecule has 0 saturated carbocycles. The number of carbonyl (C=O) groups excluding carboxylic acids is 1.